The number of H-pyrrole nitrogens is 1. The van der Waals surface area contributed by atoms with E-state index in [4.69, 9.17) is 0 Å². The highest BCUT2D eigenvalue weighted by Gasteiger charge is 2.16. The molecular formula is C23H23N5O2S2. The minimum atomic E-state index is -0.280. The van der Waals surface area contributed by atoms with Crippen molar-refractivity contribution < 1.29 is 4.79 Å². The Kier molecular flexibility index (Phi) is 6.57. The first-order valence-electron chi connectivity index (χ1n) is 10.1. The monoisotopic (exact) mass is 465 g/mol. The van der Waals surface area contributed by atoms with Gasteiger partial charge in [-0.2, -0.15) is 9.78 Å². The molecule has 3 aromatic heterocycles. The molecule has 164 valence electrons. The van der Waals surface area contributed by atoms with Crippen molar-refractivity contribution in [2.75, 3.05) is 5.32 Å². The number of anilines is 1. The molecule has 0 saturated carbocycles. The molecule has 9 heteroatoms. The molecular weight excluding hydrogens is 442 g/mol. The summed E-state index contributed by atoms with van der Waals surface area (Å²) in [4.78, 5) is 34.0. The van der Waals surface area contributed by atoms with Crippen LogP contribution in [0.2, 0.25) is 0 Å². The number of nitrogens with one attached hydrogen (secondary N) is 2. The van der Waals surface area contributed by atoms with Gasteiger partial charge in [-0.05, 0) is 36.1 Å². The highest BCUT2D eigenvalue weighted by Crippen LogP contribution is 2.27. The van der Waals surface area contributed by atoms with E-state index >= 15 is 0 Å². The van der Waals surface area contributed by atoms with E-state index in [2.05, 4.69) is 34.2 Å². The van der Waals surface area contributed by atoms with E-state index in [9.17, 15) is 9.59 Å². The minimum absolute atomic E-state index is 0.178. The Morgan fingerprint density at radius 1 is 1.22 bits per heavy atom. The van der Waals surface area contributed by atoms with Crippen molar-refractivity contribution in [1.29, 1.82) is 0 Å². The molecule has 1 aromatic carbocycles. The Labute approximate surface area is 193 Å². The summed E-state index contributed by atoms with van der Waals surface area (Å²) in [5, 5.41) is 9.97. The molecule has 4 rings (SSSR count). The lowest BCUT2D eigenvalue weighted by molar-refractivity contribution is -0.115. The molecule has 4 aromatic rings. The van der Waals surface area contributed by atoms with Crippen LogP contribution in [0.1, 0.15) is 25.1 Å². The fourth-order valence-electron chi connectivity index (χ4n) is 3.17. The lowest BCUT2D eigenvalue weighted by atomic mass is 10.1. The number of thioether (sulfide) groups is 1. The second kappa shape index (κ2) is 9.54. The van der Waals surface area contributed by atoms with Crippen LogP contribution in [0.5, 0.6) is 0 Å². The molecule has 7 nitrogen and oxygen atoms in total. The van der Waals surface area contributed by atoms with Crippen LogP contribution in [-0.2, 0) is 11.2 Å². The summed E-state index contributed by atoms with van der Waals surface area (Å²) >= 11 is 3.33. The maximum absolute atomic E-state index is 12.8. The molecule has 0 aliphatic carbocycles. The zero-order valence-electron chi connectivity index (χ0n) is 18.0. The Hall–Kier alpha value is -3.17. The highest BCUT2D eigenvalue weighted by molar-refractivity contribution is 7.99. The molecule has 1 amide bonds. The number of carbonyl (C=O) groups is 1. The van der Waals surface area contributed by atoms with Gasteiger partial charge in [-0.15, -0.1) is 23.1 Å². The van der Waals surface area contributed by atoms with Crippen LogP contribution < -0.4 is 10.9 Å². The van der Waals surface area contributed by atoms with Gasteiger partial charge in [0.2, 0.25) is 11.9 Å². The average molecular weight is 466 g/mol. The van der Waals surface area contributed by atoms with Crippen molar-refractivity contribution in [2.45, 2.75) is 37.3 Å². The molecule has 0 spiro atoms. The van der Waals surface area contributed by atoms with Gasteiger partial charge in [-0.25, -0.2) is 4.98 Å². The normalized spacial score (nSPS) is 11.1. The number of aromatic amines is 1. The molecule has 0 fully saturated rings. The summed E-state index contributed by atoms with van der Waals surface area (Å²) in [7, 11) is 0. The van der Waals surface area contributed by atoms with Gasteiger partial charge in [0, 0.05) is 28.0 Å². The van der Waals surface area contributed by atoms with E-state index in [0.717, 1.165) is 10.4 Å². The number of hydrogen-bond donors (Lipinski definition) is 2. The molecule has 0 bridgehead atoms. The summed E-state index contributed by atoms with van der Waals surface area (Å²) < 4.78 is 1.46. The quantitative estimate of drug-likeness (QED) is 0.387. The largest absolute Gasteiger partial charge is 0.310 e. The predicted octanol–water partition coefficient (Wildman–Crippen LogP) is 4.67. The molecule has 0 aliphatic rings. The number of nitrogens with zero attached hydrogens (tertiary/aromatic N) is 3. The standard InChI is InChI=1S/C23H23N5O2S2/c1-14(2)32-17-8-6-16(7-9-17)12-22(30)25-20-13-18(19-5-4-10-31-19)27-28(20)23-24-15(3)11-21(29)26-23/h4-11,13-14H,12H2,1-3H3,(H,25,30)(H,24,26,29). The lowest BCUT2D eigenvalue weighted by Gasteiger charge is -2.09. The summed E-state index contributed by atoms with van der Waals surface area (Å²) in [5.74, 6) is 0.519. The van der Waals surface area contributed by atoms with Gasteiger partial charge < -0.3 is 5.32 Å². The molecule has 3 heterocycles. The first-order chi connectivity index (χ1) is 15.4. The van der Waals surface area contributed by atoms with E-state index in [1.54, 1.807) is 36.1 Å². The van der Waals surface area contributed by atoms with Crippen LogP contribution in [0.3, 0.4) is 0 Å². The van der Waals surface area contributed by atoms with Gasteiger partial charge >= 0.3 is 0 Å². The number of aryl methyl sites for hydroxylation is 1. The van der Waals surface area contributed by atoms with Gasteiger partial charge in [0.15, 0.2) is 0 Å². The Morgan fingerprint density at radius 2 is 2.00 bits per heavy atom. The third-order valence-corrected chi connectivity index (χ3v) is 6.38. The average Bonchev–Trinajstić information content (AvgIpc) is 3.38. The van der Waals surface area contributed by atoms with E-state index in [-0.39, 0.29) is 23.8 Å². The molecule has 0 atom stereocenters. The third-order valence-electron chi connectivity index (χ3n) is 4.47. The Balaban J connectivity index is 1.59. The van der Waals surface area contributed by atoms with Crippen molar-refractivity contribution in [1.82, 2.24) is 19.7 Å². The highest BCUT2D eigenvalue weighted by atomic mass is 32.2. The van der Waals surface area contributed by atoms with Crippen molar-refractivity contribution in [3.8, 4) is 16.5 Å². The number of aromatic nitrogens is 4. The van der Waals surface area contributed by atoms with Crippen LogP contribution in [-0.4, -0.2) is 30.9 Å². The minimum Gasteiger partial charge on any atom is -0.310 e. The molecule has 0 saturated heterocycles. The zero-order chi connectivity index (χ0) is 22.7. The van der Waals surface area contributed by atoms with E-state index < -0.39 is 0 Å². The molecule has 0 unspecified atom stereocenters. The van der Waals surface area contributed by atoms with Gasteiger partial charge in [0.05, 0.1) is 11.3 Å². The summed E-state index contributed by atoms with van der Waals surface area (Å²) in [5.41, 5.74) is 1.89. The second-order valence-electron chi connectivity index (χ2n) is 7.55. The predicted molar refractivity (Wildman–Crippen MR) is 130 cm³/mol. The summed E-state index contributed by atoms with van der Waals surface area (Å²) in [6.45, 7) is 6.04. The first kappa shape index (κ1) is 22.0. The SMILES string of the molecule is Cc1cc(=O)[nH]c(-n2nc(-c3cccs3)cc2NC(=O)Cc2ccc(SC(C)C)cc2)n1. The topological polar surface area (TPSA) is 92.7 Å². The maximum Gasteiger partial charge on any atom is 0.252 e. The summed E-state index contributed by atoms with van der Waals surface area (Å²) in [6.07, 6.45) is 0.226. The number of benzene rings is 1. The number of hydrogen-bond acceptors (Lipinski definition) is 6. The number of thiophene rings is 1. The molecule has 32 heavy (non-hydrogen) atoms. The number of amides is 1. The van der Waals surface area contributed by atoms with Crippen LogP contribution in [0.4, 0.5) is 5.82 Å². The summed E-state index contributed by atoms with van der Waals surface area (Å²) in [6, 6.07) is 15.1. The second-order valence-corrected chi connectivity index (χ2v) is 10.1. The van der Waals surface area contributed by atoms with Gasteiger partial charge in [0.1, 0.15) is 11.5 Å². The number of rotatable bonds is 7. The van der Waals surface area contributed by atoms with E-state index in [1.165, 1.54) is 15.6 Å². The van der Waals surface area contributed by atoms with Gasteiger partial charge in [-0.1, -0.05) is 32.0 Å². The maximum atomic E-state index is 12.8. The lowest BCUT2D eigenvalue weighted by Crippen LogP contribution is -2.20. The molecule has 2 N–H and O–H groups in total. The van der Waals surface area contributed by atoms with Crippen LogP contribution in [0.15, 0.2) is 63.6 Å². The van der Waals surface area contributed by atoms with E-state index in [0.29, 0.717) is 22.5 Å². The molecule has 0 radical (unpaired) electrons. The van der Waals surface area contributed by atoms with Gasteiger partial charge in [0.25, 0.3) is 5.56 Å². The number of carbonyl (C=O) groups excluding carboxylic acids is 1. The van der Waals surface area contributed by atoms with Gasteiger partial charge in [-0.3, -0.25) is 14.6 Å². The third kappa shape index (κ3) is 5.35. The fraction of sp³-hybridized carbons (Fsp3) is 0.217. The van der Waals surface area contributed by atoms with Crippen molar-refractivity contribution in [2.24, 2.45) is 0 Å². The zero-order valence-corrected chi connectivity index (χ0v) is 19.6. The Bertz CT molecular complexity index is 1270. The van der Waals surface area contributed by atoms with Crippen molar-refractivity contribution in [3.05, 3.63) is 75.5 Å². The first-order valence-corrected chi connectivity index (χ1v) is 11.9. The smallest absolute Gasteiger partial charge is 0.252 e. The van der Waals surface area contributed by atoms with Crippen LogP contribution in [0, 0.1) is 6.92 Å². The van der Waals surface area contributed by atoms with E-state index in [1.807, 2.05) is 41.8 Å². The van der Waals surface area contributed by atoms with Crippen LogP contribution >= 0.6 is 23.1 Å². The van der Waals surface area contributed by atoms with Crippen LogP contribution in [0.25, 0.3) is 16.5 Å². The Morgan fingerprint density at radius 3 is 2.66 bits per heavy atom. The fourth-order valence-corrected chi connectivity index (χ4v) is 4.69. The molecule has 0 aliphatic heterocycles. The van der Waals surface area contributed by atoms with Crippen molar-refractivity contribution >= 4 is 34.8 Å². The van der Waals surface area contributed by atoms with Crippen molar-refractivity contribution in [3.63, 3.8) is 0 Å².